The van der Waals surface area contributed by atoms with Gasteiger partial charge in [-0.25, -0.2) is 0 Å². The molecule has 0 aliphatic carbocycles. The van der Waals surface area contributed by atoms with Gasteiger partial charge in [-0.05, 0) is 24.6 Å². The van der Waals surface area contributed by atoms with Gasteiger partial charge in [-0.3, -0.25) is 9.69 Å². The molecule has 110 valence electrons. The Morgan fingerprint density at radius 3 is 2.90 bits per heavy atom. The topological polar surface area (TPSA) is 53.6 Å². The molecule has 0 atom stereocenters. The summed E-state index contributed by atoms with van der Waals surface area (Å²) in [6.07, 6.45) is 0. The number of nitrogens with zero attached hydrogens (tertiary/aromatic N) is 1. The van der Waals surface area contributed by atoms with Crippen molar-refractivity contribution >= 4 is 11.6 Å². The Labute approximate surface area is 120 Å². The predicted octanol–water partition coefficient (Wildman–Crippen LogP) is 0.855. The molecule has 20 heavy (non-hydrogen) atoms. The maximum absolute atomic E-state index is 11.7. The molecule has 0 aromatic heterocycles. The van der Waals surface area contributed by atoms with Crippen LogP contribution in [-0.4, -0.2) is 56.7 Å². The van der Waals surface area contributed by atoms with Crippen molar-refractivity contribution in [2.24, 2.45) is 0 Å². The predicted molar refractivity (Wildman–Crippen MR) is 79.9 cm³/mol. The highest BCUT2D eigenvalue weighted by molar-refractivity contribution is 5.80. The molecule has 2 rings (SSSR count). The lowest BCUT2D eigenvalue weighted by molar-refractivity contribution is -0.119. The second-order valence-corrected chi connectivity index (χ2v) is 5.03. The minimum absolute atomic E-state index is 0.0276. The molecule has 1 fully saturated rings. The summed E-state index contributed by atoms with van der Waals surface area (Å²) in [5.74, 6) is 0.0276. The molecule has 1 heterocycles. The van der Waals surface area contributed by atoms with E-state index in [1.807, 2.05) is 31.2 Å². The third-order valence-corrected chi connectivity index (χ3v) is 3.33. The molecule has 0 spiro atoms. The number of ether oxygens (including phenoxy) is 1. The molecule has 1 amide bonds. The highest BCUT2D eigenvalue weighted by atomic mass is 16.5. The normalized spacial score (nSPS) is 15.8. The number of rotatable bonds is 6. The van der Waals surface area contributed by atoms with Crippen LogP contribution in [0, 0.1) is 6.92 Å². The highest BCUT2D eigenvalue weighted by Crippen LogP contribution is 2.08. The molecule has 1 aromatic carbocycles. The van der Waals surface area contributed by atoms with Crippen LogP contribution in [0.5, 0.6) is 0 Å². The number of hydrogen-bond acceptors (Lipinski definition) is 4. The Hall–Kier alpha value is -1.59. The van der Waals surface area contributed by atoms with Gasteiger partial charge in [0.05, 0.1) is 19.8 Å². The van der Waals surface area contributed by atoms with E-state index in [2.05, 4.69) is 15.5 Å². The summed E-state index contributed by atoms with van der Waals surface area (Å²) in [6.45, 7) is 7.43. The Bertz CT molecular complexity index is 431. The van der Waals surface area contributed by atoms with Crippen LogP contribution in [0.25, 0.3) is 0 Å². The van der Waals surface area contributed by atoms with Crippen molar-refractivity contribution in [2.75, 3.05) is 51.3 Å². The van der Waals surface area contributed by atoms with Crippen LogP contribution in [0.4, 0.5) is 5.69 Å². The zero-order valence-corrected chi connectivity index (χ0v) is 12.0. The SMILES string of the molecule is Cc1cccc(NCC(=O)NCCN2CCOCC2)c1. The van der Waals surface area contributed by atoms with Gasteiger partial charge in [0.15, 0.2) is 0 Å². The van der Waals surface area contributed by atoms with E-state index in [1.165, 1.54) is 5.56 Å². The smallest absolute Gasteiger partial charge is 0.239 e. The molecule has 0 radical (unpaired) electrons. The number of benzene rings is 1. The van der Waals surface area contributed by atoms with Crippen LogP contribution in [-0.2, 0) is 9.53 Å². The Morgan fingerprint density at radius 2 is 2.15 bits per heavy atom. The number of anilines is 1. The van der Waals surface area contributed by atoms with Gasteiger partial charge in [-0.15, -0.1) is 0 Å². The van der Waals surface area contributed by atoms with E-state index in [0.717, 1.165) is 38.5 Å². The number of carbonyl (C=O) groups is 1. The van der Waals surface area contributed by atoms with Crippen molar-refractivity contribution in [1.29, 1.82) is 0 Å². The fourth-order valence-electron chi connectivity index (χ4n) is 2.18. The minimum Gasteiger partial charge on any atom is -0.379 e. The van der Waals surface area contributed by atoms with E-state index in [4.69, 9.17) is 4.74 Å². The highest BCUT2D eigenvalue weighted by Gasteiger charge is 2.09. The average Bonchev–Trinajstić information content (AvgIpc) is 2.46. The van der Waals surface area contributed by atoms with Gasteiger partial charge < -0.3 is 15.4 Å². The lowest BCUT2D eigenvalue weighted by atomic mass is 10.2. The maximum Gasteiger partial charge on any atom is 0.239 e. The lowest BCUT2D eigenvalue weighted by Crippen LogP contribution is -2.42. The van der Waals surface area contributed by atoms with Crippen molar-refractivity contribution in [1.82, 2.24) is 10.2 Å². The number of aryl methyl sites for hydroxylation is 1. The van der Waals surface area contributed by atoms with Crippen LogP contribution in [0.3, 0.4) is 0 Å². The quantitative estimate of drug-likeness (QED) is 0.809. The number of amides is 1. The number of nitrogens with one attached hydrogen (secondary N) is 2. The van der Waals surface area contributed by atoms with Crippen molar-refractivity contribution in [3.8, 4) is 0 Å². The summed E-state index contributed by atoms with van der Waals surface area (Å²) >= 11 is 0. The first kappa shape index (κ1) is 14.8. The van der Waals surface area contributed by atoms with Crippen LogP contribution in [0.15, 0.2) is 24.3 Å². The van der Waals surface area contributed by atoms with Crippen LogP contribution in [0.2, 0.25) is 0 Å². The molecule has 1 aliphatic rings. The third-order valence-electron chi connectivity index (χ3n) is 3.33. The lowest BCUT2D eigenvalue weighted by Gasteiger charge is -2.26. The second-order valence-electron chi connectivity index (χ2n) is 5.03. The van der Waals surface area contributed by atoms with Gasteiger partial charge in [0.25, 0.3) is 0 Å². The Balaban J connectivity index is 1.60. The first-order valence-electron chi connectivity index (χ1n) is 7.11. The summed E-state index contributed by atoms with van der Waals surface area (Å²) < 4.78 is 5.29. The molecule has 1 saturated heterocycles. The molecule has 0 bridgehead atoms. The van der Waals surface area contributed by atoms with Gasteiger partial charge >= 0.3 is 0 Å². The Kier molecular flexibility index (Phi) is 5.83. The van der Waals surface area contributed by atoms with Crippen molar-refractivity contribution in [3.05, 3.63) is 29.8 Å². The first-order valence-corrected chi connectivity index (χ1v) is 7.11. The summed E-state index contributed by atoms with van der Waals surface area (Å²) in [5, 5.41) is 6.06. The molecular formula is C15H23N3O2. The van der Waals surface area contributed by atoms with Crippen molar-refractivity contribution in [3.63, 3.8) is 0 Å². The molecule has 1 aromatic rings. The van der Waals surface area contributed by atoms with Crippen molar-refractivity contribution in [2.45, 2.75) is 6.92 Å². The molecule has 0 unspecified atom stereocenters. The third kappa shape index (κ3) is 5.19. The fourth-order valence-corrected chi connectivity index (χ4v) is 2.18. The molecule has 2 N–H and O–H groups in total. The average molecular weight is 277 g/mol. The summed E-state index contributed by atoms with van der Waals surface area (Å²) in [7, 11) is 0. The molecular weight excluding hydrogens is 254 g/mol. The first-order chi connectivity index (χ1) is 9.74. The van der Waals surface area contributed by atoms with Gasteiger partial charge in [-0.2, -0.15) is 0 Å². The minimum atomic E-state index is 0.0276. The second kappa shape index (κ2) is 7.87. The van der Waals surface area contributed by atoms with Crippen LogP contribution >= 0.6 is 0 Å². The van der Waals surface area contributed by atoms with Gasteiger partial charge in [-0.1, -0.05) is 12.1 Å². The fraction of sp³-hybridized carbons (Fsp3) is 0.533. The van der Waals surface area contributed by atoms with E-state index in [1.54, 1.807) is 0 Å². The van der Waals surface area contributed by atoms with Gasteiger partial charge in [0.1, 0.15) is 0 Å². The monoisotopic (exact) mass is 277 g/mol. The zero-order valence-electron chi connectivity index (χ0n) is 12.0. The zero-order chi connectivity index (χ0) is 14.2. The van der Waals surface area contributed by atoms with Crippen LogP contribution in [0.1, 0.15) is 5.56 Å². The van der Waals surface area contributed by atoms with E-state index >= 15 is 0 Å². The largest absolute Gasteiger partial charge is 0.379 e. The van der Waals surface area contributed by atoms with E-state index in [9.17, 15) is 4.79 Å². The van der Waals surface area contributed by atoms with Crippen LogP contribution < -0.4 is 10.6 Å². The van der Waals surface area contributed by atoms with E-state index in [-0.39, 0.29) is 5.91 Å². The van der Waals surface area contributed by atoms with E-state index < -0.39 is 0 Å². The maximum atomic E-state index is 11.7. The summed E-state index contributed by atoms with van der Waals surface area (Å²) in [6, 6.07) is 8.01. The molecule has 5 heteroatoms. The summed E-state index contributed by atoms with van der Waals surface area (Å²) in [5.41, 5.74) is 2.16. The molecule has 5 nitrogen and oxygen atoms in total. The molecule has 0 saturated carbocycles. The summed E-state index contributed by atoms with van der Waals surface area (Å²) in [4.78, 5) is 14.0. The number of morpholine rings is 1. The number of carbonyl (C=O) groups excluding carboxylic acids is 1. The number of hydrogen-bond donors (Lipinski definition) is 2. The van der Waals surface area contributed by atoms with Gasteiger partial charge in [0.2, 0.25) is 5.91 Å². The Morgan fingerprint density at radius 1 is 1.35 bits per heavy atom. The van der Waals surface area contributed by atoms with Gasteiger partial charge in [0, 0.05) is 31.9 Å². The standard InChI is InChI=1S/C15H23N3O2/c1-13-3-2-4-14(11-13)17-12-15(19)16-5-6-18-7-9-20-10-8-18/h2-4,11,17H,5-10,12H2,1H3,(H,16,19). The van der Waals surface area contributed by atoms with Crippen molar-refractivity contribution < 1.29 is 9.53 Å². The van der Waals surface area contributed by atoms with E-state index in [0.29, 0.717) is 13.1 Å². The molecule has 1 aliphatic heterocycles.